The van der Waals surface area contributed by atoms with Crippen molar-refractivity contribution in [2.45, 2.75) is 0 Å². The van der Waals surface area contributed by atoms with Crippen LogP contribution in [0.25, 0.3) is 0 Å². The molecule has 0 aliphatic carbocycles. The van der Waals surface area contributed by atoms with Crippen molar-refractivity contribution in [3.8, 4) is 0 Å². The number of nitrogens with one attached hydrogen (secondary N) is 2. The molecule has 0 bridgehead atoms. The fourth-order valence-corrected chi connectivity index (χ4v) is 1.38. The van der Waals surface area contributed by atoms with Crippen LogP contribution in [0.5, 0.6) is 0 Å². The Labute approximate surface area is 107 Å². The first-order valence-electron chi connectivity index (χ1n) is 5.36. The second-order valence-electron chi connectivity index (χ2n) is 3.62. The summed E-state index contributed by atoms with van der Waals surface area (Å²) < 4.78 is 26.3. The van der Waals surface area contributed by atoms with Crippen molar-refractivity contribution in [2.24, 2.45) is 0 Å². The average molecular weight is 264 g/mol. The van der Waals surface area contributed by atoms with Crippen molar-refractivity contribution in [1.82, 2.24) is 9.97 Å². The summed E-state index contributed by atoms with van der Waals surface area (Å²) in [6.07, 6.45) is 2.66. The number of benzene rings is 1. The maximum atomic E-state index is 13.4. The van der Waals surface area contributed by atoms with Crippen molar-refractivity contribution < 1.29 is 13.6 Å². The number of aromatic nitrogens is 2. The molecular formula is C12H10F2N4O. The molecule has 0 aliphatic heterocycles. The smallest absolute Gasteiger partial charge is 0.276 e. The molecule has 0 unspecified atom stereocenters. The molecule has 0 fully saturated rings. The van der Waals surface area contributed by atoms with Crippen LogP contribution in [0.4, 0.5) is 20.3 Å². The van der Waals surface area contributed by atoms with Crippen LogP contribution in [-0.4, -0.2) is 22.9 Å². The third-order valence-electron chi connectivity index (χ3n) is 2.30. The Hall–Kier alpha value is -2.57. The van der Waals surface area contributed by atoms with E-state index in [1.807, 2.05) is 0 Å². The summed E-state index contributed by atoms with van der Waals surface area (Å²) in [6.45, 7) is 0. The number of amides is 1. The lowest BCUT2D eigenvalue weighted by atomic mass is 10.3. The Morgan fingerprint density at radius 3 is 2.79 bits per heavy atom. The third kappa shape index (κ3) is 3.01. The number of anilines is 2. The molecule has 0 saturated heterocycles. The largest absolute Gasteiger partial charge is 0.372 e. The van der Waals surface area contributed by atoms with Gasteiger partial charge < -0.3 is 10.6 Å². The van der Waals surface area contributed by atoms with E-state index in [-0.39, 0.29) is 11.4 Å². The molecule has 7 heteroatoms. The van der Waals surface area contributed by atoms with Crippen LogP contribution < -0.4 is 10.6 Å². The van der Waals surface area contributed by atoms with Gasteiger partial charge in [0.05, 0.1) is 18.1 Å². The number of halogens is 2. The van der Waals surface area contributed by atoms with Gasteiger partial charge in [-0.1, -0.05) is 0 Å². The van der Waals surface area contributed by atoms with E-state index in [0.29, 0.717) is 5.82 Å². The molecule has 0 spiro atoms. The summed E-state index contributed by atoms with van der Waals surface area (Å²) in [4.78, 5) is 19.6. The van der Waals surface area contributed by atoms with Crippen molar-refractivity contribution in [3.63, 3.8) is 0 Å². The van der Waals surface area contributed by atoms with E-state index in [2.05, 4.69) is 20.6 Å². The molecule has 5 nitrogen and oxygen atoms in total. The number of rotatable bonds is 3. The van der Waals surface area contributed by atoms with E-state index in [1.54, 1.807) is 7.05 Å². The van der Waals surface area contributed by atoms with Gasteiger partial charge in [-0.05, 0) is 12.1 Å². The van der Waals surface area contributed by atoms with Crippen LogP contribution in [0.1, 0.15) is 10.5 Å². The fraction of sp³-hybridized carbons (Fsp3) is 0.0833. The number of nitrogens with zero attached hydrogens (tertiary/aromatic N) is 2. The third-order valence-corrected chi connectivity index (χ3v) is 2.30. The van der Waals surface area contributed by atoms with E-state index in [9.17, 15) is 13.6 Å². The van der Waals surface area contributed by atoms with Crippen molar-refractivity contribution in [1.29, 1.82) is 0 Å². The van der Waals surface area contributed by atoms with Gasteiger partial charge in [0.1, 0.15) is 23.1 Å². The zero-order valence-electron chi connectivity index (χ0n) is 9.95. The Bertz CT molecular complexity index is 618. The van der Waals surface area contributed by atoms with E-state index < -0.39 is 17.5 Å². The molecular weight excluding hydrogens is 254 g/mol. The second-order valence-corrected chi connectivity index (χ2v) is 3.62. The van der Waals surface area contributed by atoms with Gasteiger partial charge in [0.15, 0.2) is 0 Å². The molecule has 0 saturated carbocycles. The first-order valence-corrected chi connectivity index (χ1v) is 5.36. The molecule has 2 aromatic rings. The topological polar surface area (TPSA) is 66.9 Å². The molecule has 0 atom stereocenters. The molecule has 2 N–H and O–H groups in total. The predicted molar refractivity (Wildman–Crippen MR) is 65.9 cm³/mol. The summed E-state index contributed by atoms with van der Waals surface area (Å²) in [5, 5.41) is 4.95. The van der Waals surface area contributed by atoms with E-state index in [1.165, 1.54) is 12.4 Å². The Morgan fingerprint density at radius 2 is 2.05 bits per heavy atom. The number of hydrogen-bond donors (Lipinski definition) is 2. The summed E-state index contributed by atoms with van der Waals surface area (Å²) in [5.41, 5.74) is -0.253. The predicted octanol–water partition coefficient (Wildman–Crippen LogP) is 2.05. The molecule has 1 amide bonds. The Morgan fingerprint density at radius 1 is 1.26 bits per heavy atom. The van der Waals surface area contributed by atoms with Crippen LogP contribution in [-0.2, 0) is 0 Å². The lowest BCUT2D eigenvalue weighted by Gasteiger charge is -2.06. The quantitative estimate of drug-likeness (QED) is 0.890. The van der Waals surface area contributed by atoms with Gasteiger partial charge in [-0.15, -0.1) is 0 Å². The zero-order chi connectivity index (χ0) is 13.8. The van der Waals surface area contributed by atoms with Crippen LogP contribution >= 0.6 is 0 Å². The number of carbonyl (C=O) groups is 1. The molecule has 1 aromatic heterocycles. The van der Waals surface area contributed by atoms with Crippen molar-refractivity contribution in [2.75, 3.05) is 17.7 Å². The Balaban J connectivity index is 2.22. The highest BCUT2D eigenvalue weighted by atomic mass is 19.1. The fourth-order valence-electron chi connectivity index (χ4n) is 1.38. The normalized spacial score (nSPS) is 10.1. The van der Waals surface area contributed by atoms with Crippen molar-refractivity contribution >= 4 is 17.4 Å². The first kappa shape index (κ1) is 12.9. The van der Waals surface area contributed by atoms with Gasteiger partial charge in [-0.2, -0.15) is 0 Å². The van der Waals surface area contributed by atoms with Gasteiger partial charge in [-0.3, -0.25) is 9.78 Å². The highest BCUT2D eigenvalue weighted by molar-refractivity contribution is 6.02. The van der Waals surface area contributed by atoms with Crippen LogP contribution in [0, 0.1) is 11.6 Å². The van der Waals surface area contributed by atoms with E-state index in [0.717, 1.165) is 18.2 Å². The lowest BCUT2D eigenvalue weighted by Crippen LogP contribution is -2.15. The summed E-state index contributed by atoms with van der Waals surface area (Å²) in [7, 11) is 1.62. The molecule has 1 aromatic carbocycles. The maximum Gasteiger partial charge on any atom is 0.276 e. The highest BCUT2D eigenvalue weighted by Gasteiger charge is 2.12. The SMILES string of the molecule is CNc1cncc(C(=O)Nc2cc(F)ccc2F)n1. The van der Waals surface area contributed by atoms with Crippen LogP contribution in [0.3, 0.4) is 0 Å². The summed E-state index contributed by atoms with van der Waals surface area (Å²) >= 11 is 0. The minimum atomic E-state index is -0.729. The molecule has 2 rings (SSSR count). The van der Waals surface area contributed by atoms with Crippen molar-refractivity contribution in [3.05, 3.63) is 47.9 Å². The average Bonchev–Trinajstić information content (AvgIpc) is 2.43. The van der Waals surface area contributed by atoms with Gasteiger partial charge in [0.2, 0.25) is 0 Å². The maximum absolute atomic E-state index is 13.4. The summed E-state index contributed by atoms with van der Waals surface area (Å²) in [6, 6.07) is 2.79. The van der Waals surface area contributed by atoms with Gasteiger partial charge in [0.25, 0.3) is 5.91 Å². The minimum Gasteiger partial charge on any atom is -0.372 e. The summed E-state index contributed by atoms with van der Waals surface area (Å²) in [5.74, 6) is -1.65. The highest BCUT2D eigenvalue weighted by Crippen LogP contribution is 2.16. The molecule has 0 radical (unpaired) electrons. The van der Waals surface area contributed by atoms with Gasteiger partial charge >= 0.3 is 0 Å². The van der Waals surface area contributed by atoms with Gasteiger partial charge in [0, 0.05) is 13.1 Å². The van der Waals surface area contributed by atoms with Crippen LogP contribution in [0.2, 0.25) is 0 Å². The standard InChI is InChI=1S/C12H10F2N4O/c1-15-11-6-16-5-10(17-11)12(19)18-9-4-7(13)2-3-8(9)14/h2-6H,1H3,(H,15,17)(H,18,19). The lowest BCUT2D eigenvalue weighted by molar-refractivity contribution is 0.102. The monoisotopic (exact) mass is 264 g/mol. The van der Waals surface area contributed by atoms with Gasteiger partial charge in [-0.25, -0.2) is 13.8 Å². The number of hydrogen-bond acceptors (Lipinski definition) is 4. The molecule has 0 aliphatic rings. The molecule has 1 heterocycles. The Kier molecular flexibility index (Phi) is 3.65. The molecule has 98 valence electrons. The first-order chi connectivity index (χ1) is 9.10. The minimum absolute atomic E-state index is 0.00416. The number of carbonyl (C=O) groups excluding carboxylic acids is 1. The zero-order valence-corrected chi connectivity index (χ0v) is 9.95. The van der Waals surface area contributed by atoms with E-state index in [4.69, 9.17) is 0 Å². The van der Waals surface area contributed by atoms with Crippen LogP contribution in [0.15, 0.2) is 30.6 Å². The second kappa shape index (κ2) is 5.38. The van der Waals surface area contributed by atoms with E-state index >= 15 is 0 Å². The molecule has 19 heavy (non-hydrogen) atoms.